The largest absolute Gasteiger partial charge is 0.292 e. The van der Waals surface area contributed by atoms with Crippen LogP contribution in [0.1, 0.15) is 61.1 Å². The average Bonchev–Trinajstić information content (AvgIpc) is 2.76. The Hall–Kier alpha value is -1.75. The lowest BCUT2D eigenvalue weighted by atomic mass is 9.83. The van der Waals surface area contributed by atoms with Gasteiger partial charge >= 0.3 is 0 Å². The SMILES string of the molecule is ClC1CCCC(c2ccc(C#CCN3CCC(Cc4ccccc4)CC3)cc2)C1. The third kappa shape index (κ3) is 6.11. The molecule has 2 aromatic carbocycles. The van der Waals surface area contributed by atoms with Crippen LogP contribution in [0.15, 0.2) is 54.6 Å². The molecule has 1 heterocycles. The molecule has 0 aromatic heterocycles. The summed E-state index contributed by atoms with van der Waals surface area (Å²) in [4.78, 5) is 2.51. The number of likely N-dealkylation sites (tertiary alicyclic amines) is 1. The molecule has 1 saturated heterocycles. The van der Waals surface area contributed by atoms with Gasteiger partial charge in [-0.2, -0.15) is 0 Å². The molecule has 1 nitrogen and oxygen atoms in total. The van der Waals surface area contributed by atoms with Crippen molar-refractivity contribution in [2.24, 2.45) is 5.92 Å². The lowest BCUT2D eigenvalue weighted by Gasteiger charge is -2.30. The van der Waals surface area contributed by atoms with E-state index in [2.05, 4.69) is 71.3 Å². The highest BCUT2D eigenvalue weighted by molar-refractivity contribution is 6.20. The first-order valence-corrected chi connectivity index (χ1v) is 11.7. The average molecular weight is 406 g/mol. The van der Waals surface area contributed by atoms with Gasteiger partial charge in [0.05, 0.1) is 6.54 Å². The number of alkyl halides is 1. The predicted octanol–water partition coefficient (Wildman–Crippen LogP) is 6.26. The van der Waals surface area contributed by atoms with E-state index in [1.807, 2.05) is 0 Å². The minimum atomic E-state index is 0.352. The maximum Gasteiger partial charge on any atom is 0.0605 e. The molecule has 4 rings (SSSR count). The quantitative estimate of drug-likeness (QED) is 0.428. The molecule has 0 radical (unpaired) electrons. The first-order chi connectivity index (χ1) is 14.3. The lowest BCUT2D eigenvalue weighted by molar-refractivity contribution is 0.203. The van der Waals surface area contributed by atoms with Crippen LogP contribution in [0.3, 0.4) is 0 Å². The number of hydrogen-bond donors (Lipinski definition) is 0. The van der Waals surface area contributed by atoms with E-state index >= 15 is 0 Å². The molecule has 0 spiro atoms. The number of nitrogens with zero attached hydrogens (tertiary/aromatic N) is 1. The molecule has 2 aromatic rings. The van der Waals surface area contributed by atoms with Crippen LogP contribution in [0, 0.1) is 17.8 Å². The summed E-state index contributed by atoms with van der Waals surface area (Å²) in [5, 5.41) is 0.352. The van der Waals surface area contributed by atoms with Crippen molar-refractivity contribution in [3.63, 3.8) is 0 Å². The van der Waals surface area contributed by atoms with Crippen molar-refractivity contribution in [3.05, 3.63) is 71.3 Å². The van der Waals surface area contributed by atoms with E-state index in [9.17, 15) is 0 Å². The first kappa shape index (κ1) is 20.5. The van der Waals surface area contributed by atoms with Crippen molar-refractivity contribution < 1.29 is 0 Å². The van der Waals surface area contributed by atoms with Crippen LogP contribution >= 0.6 is 11.6 Å². The van der Waals surface area contributed by atoms with E-state index in [1.165, 1.54) is 62.7 Å². The fraction of sp³-hybridized carbons (Fsp3) is 0.481. The van der Waals surface area contributed by atoms with Crippen molar-refractivity contribution in [2.45, 2.75) is 56.2 Å². The van der Waals surface area contributed by atoms with Crippen LogP contribution in [-0.2, 0) is 6.42 Å². The van der Waals surface area contributed by atoms with E-state index in [4.69, 9.17) is 11.6 Å². The Bertz CT molecular complexity index is 809. The van der Waals surface area contributed by atoms with Crippen molar-refractivity contribution in [1.82, 2.24) is 4.90 Å². The summed E-state index contributed by atoms with van der Waals surface area (Å²) in [6, 6.07) is 19.8. The molecule has 2 unspecified atom stereocenters. The standard InChI is InChI=1S/C27H32ClN/c28-27-10-4-9-26(21-27)25-13-11-22(12-14-25)8-5-17-29-18-15-24(16-19-29)20-23-6-2-1-3-7-23/h1-3,6-7,11-14,24,26-27H,4,9-10,15-21H2. The van der Waals surface area contributed by atoms with E-state index in [1.54, 1.807) is 0 Å². The maximum atomic E-state index is 6.36. The minimum absolute atomic E-state index is 0.352. The smallest absolute Gasteiger partial charge is 0.0605 e. The first-order valence-electron chi connectivity index (χ1n) is 11.3. The van der Waals surface area contributed by atoms with Crippen molar-refractivity contribution in [2.75, 3.05) is 19.6 Å². The summed E-state index contributed by atoms with van der Waals surface area (Å²) in [5.41, 5.74) is 4.04. The highest BCUT2D eigenvalue weighted by atomic mass is 35.5. The third-order valence-corrected chi connectivity index (χ3v) is 7.00. The topological polar surface area (TPSA) is 3.24 Å². The Balaban J connectivity index is 1.22. The Morgan fingerprint density at radius 3 is 2.38 bits per heavy atom. The zero-order valence-corrected chi connectivity index (χ0v) is 18.1. The van der Waals surface area contributed by atoms with Gasteiger partial charge in [0, 0.05) is 10.9 Å². The minimum Gasteiger partial charge on any atom is -0.292 e. The predicted molar refractivity (Wildman–Crippen MR) is 123 cm³/mol. The van der Waals surface area contributed by atoms with E-state index in [-0.39, 0.29) is 0 Å². The summed E-state index contributed by atoms with van der Waals surface area (Å²) in [6.45, 7) is 3.23. The van der Waals surface area contributed by atoms with Gasteiger partial charge < -0.3 is 0 Å². The van der Waals surface area contributed by atoms with Crippen LogP contribution in [-0.4, -0.2) is 29.9 Å². The molecule has 0 bridgehead atoms. The van der Waals surface area contributed by atoms with Gasteiger partial charge in [0.15, 0.2) is 0 Å². The van der Waals surface area contributed by atoms with Gasteiger partial charge in [0.25, 0.3) is 0 Å². The normalized spacial score (nSPS) is 23.3. The van der Waals surface area contributed by atoms with E-state index in [0.717, 1.165) is 24.4 Å². The zero-order chi connectivity index (χ0) is 19.9. The van der Waals surface area contributed by atoms with Gasteiger partial charge in [-0.15, -0.1) is 11.6 Å². The fourth-order valence-electron chi connectivity index (χ4n) is 4.82. The third-order valence-electron chi connectivity index (χ3n) is 6.60. The summed E-state index contributed by atoms with van der Waals surface area (Å²) in [6.07, 6.45) is 8.61. The molecular formula is C27H32ClN. The molecule has 2 fully saturated rings. The van der Waals surface area contributed by atoms with Crippen molar-refractivity contribution in [3.8, 4) is 11.8 Å². The second-order valence-corrected chi connectivity index (χ2v) is 9.41. The Kier molecular flexibility index (Phi) is 7.31. The highest BCUT2D eigenvalue weighted by Crippen LogP contribution is 2.35. The summed E-state index contributed by atoms with van der Waals surface area (Å²) in [5.74, 6) is 8.21. The van der Waals surface area contributed by atoms with E-state index < -0.39 is 0 Å². The number of hydrogen-bond acceptors (Lipinski definition) is 1. The molecule has 1 saturated carbocycles. The van der Waals surface area contributed by atoms with Gasteiger partial charge in [-0.25, -0.2) is 0 Å². The van der Waals surface area contributed by atoms with Gasteiger partial charge in [0.2, 0.25) is 0 Å². The van der Waals surface area contributed by atoms with Gasteiger partial charge in [0.1, 0.15) is 0 Å². The monoisotopic (exact) mass is 405 g/mol. The zero-order valence-electron chi connectivity index (χ0n) is 17.3. The number of benzene rings is 2. The Morgan fingerprint density at radius 2 is 1.66 bits per heavy atom. The van der Waals surface area contributed by atoms with Crippen molar-refractivity contribution in [1.29, 1.82) is 0 Å². The number of piperidine rings is 1. The maximum absolute atomic E-state index is 6.36. The second kappa shape index (κ2) is 10.3. The van der Waals surface area contributed by atoms with Crippen LogP contribution in [0.25, 0.3) is 0 Å². The van der Waals surface area contributed by atoms with Crippen molar-refractivity contribution >= 4 is 11.6 Å². The summed E-state index contributed by atoms with van der Waals surface area (Å²) >= 11 is 6.36. The molecule has 2 heteroatoms. The fourth-order valence-corrected chi connectivity index (χ4v) is 5.19. The highest BCUT2D eigenvalue weighted by Gasteiger charge is 2.21. The van der Waals surface area contributed by atoms with Crippen LogP contribution in [0.5, 0.6) is 0 Å². The van der Waals surface area contributed by atoms with Crippen LogP contribution < -0.4 is 0 Å². The Morgan fingerprint density at radius 1 is 0.897 bits per heavy atom. The van der Waals surface area contributed by atoms with Gasteiger partial charge in [-0.05, 0) is 86.7 Å². The Labute approximate surface area is 181 Å². The summed E-state index contributed by atoms with van der Waals surface area (Å²) < 4.78 is 0. The number of halogens is 1. The molecule has 2 atom stereocenters. The van der Waals surface area contributed by atoms with Crippen LogP contribution in [0.2, 0.25) is 0 Å². The second-order valence-electron chi connectivity index (χ2n) is 8.79. The molecule has 152 valence electrons. The van der Waals surface area contributed by atoms with Gasteiger partial charge in [-0.1, -0.05) is 60.7 Å². The van der Waals surface area contributed by atoms with E-state index in [0.29, 0.717) is 11.3 Å². The van der Waals surface area contributed by atoms with Gasteiger partial charge in [-0.3, -0.25) is 4.90 Å². The molecule has 1 aliphatic carbocycles. The molecule has 1 aliphatic heterocycles. The molecule has 2 aliphatic rings. The molecule has 0 amide bonds. The molecular weight excluding hydrogens is 374 g/mol. The number of rotatable bonds is 4. The molecule has 0 N–H and O–H groups in total. The molecule has 29 heavy (non-hydrogen) atoms. The van der Waals surface area contributed by atoms with Crippen LogP contribution in [0.4, 0.5) is 0 Å². The summed E-state index contributed by atoms with van der Waals surface area (Å²) in [7, 11) is 0. The lowest BCUT2D eigenvalue weighted by Crippen LogP contribution is -2.34.